The summed E-state index contributed by atoms with van der Waals surface area (Å²) in [5, 5.41) is 5.66. The van der Waals surface area contributed by atoms with Gasteiger partial charge in [-0.1, -0.05) is 43.0 Å². The van der Waals surface area contributed by atoms with E-state index in [1.54, 1.807) is 4.68 Å². The lowest BCUT2D eigenvalue weighted by Crippen LogP contribution is -2.19. The van der Waals surface area contributed by atoms with Gasteiger partial charge in [-0.15, -0.1) is 0 Å². The molecule has 0 bridgehead atoms. The highest BCUT2D eigenvalue weighted by Crippen LogP contribution is 2.49. The first-order valence-electron chi connectivity index (χ1n) is 9.58. The molecule has 4 aromatic rings. The van der Waals surface area contributed by atoms with Gasteiger partial charge in [0.25, 0.3) is 0 Å². The maximum atomic E-state index is 12.5. The first-order chi connectivity index (χ1) is 14.6. The molecular formula is C24H19N3O3. The van der Waals surface area contributed by atoms with Crippen LogP contribution >= 0.6 is 0 Å². The van der Waals surface area contributed by atoms with E-state index in [0.29, 0.717) is 17.3 Å². The van der Waals surface area contributed by atoms with Crippen LogP contribution in [0.25, 0.3) is 16.6 Å². The summed E-state index contributed by atoms with van der Waals surface area (Å²) in [5.41, 5.74) is 4.29. The molecule has 30 heavy (non-hydrogen) atoms. The van der Waals surface area contributed by atoms with E-state index < -0.39 is 11.9 Å². The molecule has 0 saturated heterocycles. The lowest BCUT2D eigenvalue weighted by molar-refractivity contribution is -0.136. The topological polar surface area (TPSA) is 66.2 Å². The molecule has 0 amide bonds. The molecule has 3 heterocycles. The third-order valence-corrected chi connectivity index (χ3v) is 5.37. The lowest BCUT2D eigenvalue weighted by Gasteiger charge is -2.27. The van der Waals surface area contributed by atoms with Gasteiger partial charge in [0.1, 0.15) is 0 Å². The van der Waals surface area contributed by atoms with Gasteiger partial charge in [-0.25, -0.2) is 14.5 Å². The van der Waals surface area contributed by atoms with Crippen molar-refractivity contribution in [1.29, 1.82) is 0 Å². The first-order valence-corrected chi connectivity index (χ1v) is 9.58. The van der Waals surface area contributed by atoms with Gasteiger partial charge >= 0.3 is 5.97 Å². The van der Waals surface area contributed by atoms with Gasteiger partial charge in [0.15, 0.2) is 0 Å². The third-order valence-electron chi connectivity index (χ3n) is 5.37. The largest absolute Gasteiger partial charge is 0.466 e. The number of carbonyl (C=O) groups excluding carboxylic acids is 1. The predicted molar refractivity (Wildman–Crippen MR) is 113 cm³/mol. The van der Waals surface area contributed by atoms with Crippen LogP contribution in [0, 0.1) is 6.92 Å². The Morgan fingerprint density at radius 3 is 2.63 bits per heavy atom. The number of para-hydroxylation sites is 2. The van der Waals surface area contributed by atoms with E-state index in [4.69, 9.17) is 19.6 Å². The Balaban J connectivity index is 1.78. The van der Waals surface area contributed by atoms with Crippen molar-refractivity contribution in [2.24, 2.45) is 0 Å². The van der Waals surface area contributed by atoms with Gasteiger partial charge in [0.2, 0.25) is 11.8 Å². The minimum Gasteiger partial charge on any atom is -0.466 e. The SMILES string of the molecule is C=C(C(=O)OC)[C@H]1c2cc3ccccc3nc2Oc2c1c(C)nn2-c1ccccc1. The second-order valence-electron chi connectivity index (χ2n) is 7.18. The molecule has 0 N–H and O–H groups in total. The number of ether oxygens (including phenoxy) is 2. The van der Waals surface area contributed by atoms with Crippen LogP contribution < -0.4 is 4.74 Å². The van der Waals surface area contributed by atoms with Crippen LogP contribution in [0.1, 0.15) is 22.7 Å². The molecular weight excluding hydrogens is 378 g/mol. The van der Waals surface area contributed by atoms with Crippen LogP contribution in [0.3, 0.4) is 0 Å². The van der Waals surface area contributed by atoms with E-state index in [-0.39, 0.29) is 0 Å². The van der Waals surface area contributed by atoms with E-state index in [1.807, 2.05) is 67.6 Å². The molecule has 0 radical (unpaired) electrons. The lowest BCUT2D eigenvalue weighted by atomic mass is 9.84. The fourth-order valence-electron chi connectivity index (χ4n) is 3.95. The monoisotopic (exact) mass is 397 g/mol. The molecule has 5 rings (SSSR count). The van der Waals surface area contributed by atoms with Crippen molar-refractivity contribution < 1.29 is 14.3 Å². The quantitative estimate of drug-likeness (QED) is 0.370. The second-order valence-corrected chi connectivity index (χ2v) is 7.18. The van der Waals surface area contributed by atoms with Gasteiger partial charge in [0, 0.05) is 16.5 Å². The number of hydrogen-bond donors (Lipinski definition) is 0. The zero-order valence-electron chi connectivity index (χ0n) is 16.6. The third kappa shape index (κ3) is 2.69. The van der Waals surface area contributed by atoms with Crippen molar-refractivity contribution in [2.45, 2.75) is 12.8 Å². The zero-order valence-corrected chi connectivity index (χ0v) is 16.6. The van der Waals surface area contributed by atoms with Crippen molar-refractivity contribution in [3.05, 3.63) is 89.6 Å². The molecule has 0 spiro atoms. The standard InChI is InChI=1S/C24H19N3O3/c1-14(24(28)29-3)20-18-13-16-9-7-8-12-19(16)25-22(18)30-23-21(20)15(2)26-27(23)17-10-5-4-6-11-17/h4-13,20H,1H2,2-3H3/t20-/m0/s1. The summed E-state index contributed by atoms with van der Waals surface area (Å²) in [6.07, 6.45) is 0. The Bertz CT molecular complexity index is 1310. The average molecular weight is 397 g/mol. The fourth-order valence-corrected chi connectivity index (χ4v) is 3.95. The van der Waals surface area contributed by atoms with Gasteiger partial charge in [-0.3, -0.25) is 0 Å². The average Bonchev–Trinajstić information content (AvgIpc) is 3.11. The smallest absolute Gasteiger partial charge is 0.334 e. The number of pyridine rings is 1. The highest BCUT2D eigenvalue weighted by molar-refractivity contribution is 5.92. The molecule has 2 aromatic heterocycles. The summed E-state index contributed by atoms with van der Waals surface area (Å²) >= 11 is 0. The van der Waals surface area contributed by atoms with E-state index >= 15 is 0 Å². The molecule has 0 aliphatic carbocycles. The Kier molecular flexibility index (Phi) is 4.13. The molecule has 2 aromatic carbocycles. The Hall–Kier alpha value is -3.93. The summed E-state index contributed by atoms with van der Waals surface area (Å²) in [7, 11) is 1.35. The summed E-state index contributed by atoms with van der Waals surface area (Å²) in [4.78, 5) is 17.2. The van der Waals surface area contributed by atoms with Crippen molar-refractivity contribution in [3.63, 3.8) is 0 Å². The highest BCUT2D eigenvalue weighted by Gasteiger charge is 2.38. The van der Waals surface area contributed by atoms with Gasteiger partial charge in [-0.05, 0) is 31.2 Å². The molecule has 6 heteroatoms. The number of hydrogen-bond acceptors (Lipinski definition) is 5. The van der Waals surface area contributed by atoms with Crippen molar-refractivity contribution in [3.8, 4) is 17.4 Å². The molecule has 0 saturated carbocycles. The van der Waals surface area contributed by atoms with E-state index in [2.05, 4.69) is 6.58 Å². The van der Waals surface area contributed by atoms with Gasteiger partial charge in [0.05, 0.1) is 35.5 Å². The van der Waals surface area contributed by atoms with Crippen LogP contribution in [-0.2, 0) is 9.53 Å². The number of rotatable bonds is 3. The summed E-state index contributed by atoms with van der Waals surface area (Å²) < 4.78 is 13.0. The van der Waals surface area contributed by atoms with E-state index in [1.165, 1.54) is 7.11 Å². The number of carbonyl (C=O) groups is 1. The number of aromatic nitrogens is 3. The molecule has 0 fully saturated rings. The zero-order chi connectivity index (χ0) is 20.8. The van der Waals surface area contributed by atoms with Crippen LogP contribution in [0.15, 0.2) is 72.8 Å². The minimum absolute atomic E-state index is 0.316. The van der Waals surface area contributed by atoms with Crippen molar-refractivity contribution >= 4 is 16.9 Å². The Morgan fingerprint density at radius 1 is 1.13 bits per heavy atom. The number of esters is 1. The van der Waals surface area contributed by atoms with Gasteiger partial charge in [-0.2, -0.15) is 5.10 Å². The Morgan fingerprint density at radius 2 is 1.87 bits per heavy atom. The number of benzene rings is 2. The summed E-state index contributed by atoms with van der Waals surface area (Å²) in [6.45, 7) is 5.96. The van der Waals surface area contributed by atoms with Crippen molar-refractivity contribution in [1.82, 2.24) is 14.8 Å². The van der Waals surface area contributed by atoms with Crippen LogP contribution in [0.2, 0.25) is 0 Å². The van der Waals surface area contributed by atoms with E-state index in [9.17, 15) is 4.79 Å². The van der Waals surface area contributed by atoms with Gasteiger partial charge < -0.3 is 9.47 Å². The normalized spacial score (nSPS) is 14.5. The number of aryl methyl sites for hydroxylation is 1. The van der Waals surface area contributed by atoms with Crippen molar-refractivity contribution in [2.75, 3.05) is 7.11 Å². The van der Waals surface area contributed by atoms with Crippen LogP contribution in [0.4, 0.5) is 0 Å². The van der Waals surface area contributed by atoms with E-state index in [0.717, 1.165) is 33.4 Å². The molecule has 148 valence electrons. The molecule has 1 aliphatic heterocycles. The summed E-state index contributed by atoms with van der Waals surface area (Å²) in [5.74, 6) is 0.0296. The molecule has 1 atom stereocenters. The number of fused-ring (bicyclic) bond motifs is 3. The van der Waals surface area contributed by atoms with Crippen LogP contribution in [-0.4, -0.2) is 27.8 Å². The minimum atomic E-state index is -0.473. The maximum Gasteiger partial charge on any atom is 0.334 e. The second kappa shape index (κ2) is 6.84. The molecule has 1 aliphatic rings. The highest BCUT2D eigenvalue weighted by atomic mass is 16.5. The molecule has 0 unspecified atom stereocenters. The summed E-state index contributed by atoms with van der Waals surface area (Å²) in [6, 6.07) is 19.5. The first kappa shape index (κ1) is 18.1. The Labute approximate surface area is 173 Å². The number of nitrogens with zero attached hydrogens (tertiary/aromatic N) is 3. The molecule has 6 nitrogen and oxygen atoms in total. The number of methoxy groups -OCH3 is 1. The predicted octanol–water partition coefficient (Wildman–Crippen LogP) is 4.70. The van der Waals surface area contributed by atoms with Crippen LogP contribution in [0.5, 0.6) is 11.8 Å². The maximum absolute atomic E-state index is 12.5. The fraction of sp³-hybridized carbons (Fsp3) is 0.125.